The second-order valence-electron chi connectivity index (χ2n) is 9.69. The Bertz CT molecular complexity index is 1280. The maximum Gasteiger partial charge on any atom is 0.226 e. The number of aliphatic imine (C=N–C) groups is 1. The number of carbonyl (C=O) groups is 1. The largest absolute Gasteiger partial charge is 0.364 e. The highest BCUT2D eigenvalue weighted by Gasteiger charge is 2.38. The molecule has 2 aromatic carbocycles. The van der Waals surface area contributed by atoms with Gasteiger partial charge in [-0.25, -0.2) is 4.99 Å². The van der Waals surface area contributed by atoms with E-state index in [9.17, 15) is 4.79 Å². The molecule has 0 fully saturated rings. The minimum atomic E-state index is -0.313. The van der Waals surface area contributed by atoms with E-state index >= 15 is 0 Å². The monoisotopic (exact) mass is 451 g/mol. The molecule has 172 valence electrons. The summed E-state index contributed by atoms with van der Waals surface area (Å²) in [5.41, 5.74) is 7.32. The SMILES string of the molecule is Cc1cc2c(cc1CC1(C)CC(=O)NC3=C1C=CCC=N3)NC(CCc1cccc(C#N)c1)N2. The van der Waals surface area contributed by atoms with Crippen molar-refractivity contribution in [3.05, 3.63) is 82.2 Å². The Balaban J connectivity index is 1.33. The van der Waals surface area contributed by atoms with E-state index in [0.29, 0.717) is 17.8 Å². The van der Waals surface area contributed by atoms with E-state index in [0.717, 1.165) is 42.6 Å². The Labute approximate surface area is 200 Å². The Morgan fingerprint density at radius 2 is 2.03 bits per heavy atom. The van der Waals surface area contributed by atoms with Crippen LogP contribution in [0.3, 0.4) is 0 Å². The number of allylic oxidation sites excluding steroid dienone is 3. The summed E-state index contributed by atoms with van der Waals surface area (Å²) < 4.78 is 0. The van der Waals surface area contributed by atoms with E-state index in [2.05, 4.69) is 71.2 Å². The van der Waals surface area contributed by atoms with Crippen LogP contribution in [0.4, 0.5) is 11.4 Å². The number of nitriles is 1. The van der Waals surface area contributed by atoms with Gasteiger partial charge in [-0.15, -0.1) is 0 Å². The van der Waals surface area contributed by atoms with Crippen molar-refractivity contribution in [2.24, 2.45) is 10.4 Å². The smallest absolute Gasteiger partial charge is 0.226 e. The van der Waals surface area contributed by atoms with Crippen molar-refractivity contribution in [1.82, 2.24) is 5.32 Å². The Morgan fingerprint density at radius 1 is 1.21 bits per heavy atom. The molecule has 6 nitrogen and oxygen atoms in total. The summed E-state index contributed by atoms with van der Waals surface area (Å²) in [4.78, 5) is 17.0. The topological polar surface area (TPSA) is 89.3 Å². The molecule has 3 heterocycles. The molecular formula is C28H29N5O. The van der Waals surface area contributed by atoms with Crippen molar-refractivity contribution in [3.63, 3.8) is 0 Å². The minimum Gasteiger partial charge on any atom is -0.364 e. The number of nitrogens with zero attached hydrogens (tertiary/aromatic N) is 2. The molecule has 0 aromatic heterocycles. The summed E-state index contributed by atoms with van der Waals surface area (Å²) in [5.74, 6) is 0.708. The van der Waals surface area contributed by atoms with Crippen LogP contribution in [0.25, 0.3) is 0 Å². The van der Waals surface area contributed by atoms with Gasteiger partial charge in [-0.05, 0) is 67.1 Å². The molecule has 6 heteroatoms. The number of rotatable bonds is 5. The van der Waals surface area contributed by atoms with Crippen molar-refractivity contribution in [1.29, 1.82) is 5.26 Å². The molecule has 3 N–H and O–H groups in total. The molecule has 34 heavy (non-hydrogen) atoms. The Kier molecular flexibility index (Phi) is 5.70. The zero-order valence-electron chi connectivity index (χ0n) is 19.6. The fraction of sp³-hybridized carbons (Fsp3) is 0.321. The molecule has 2 atom stereocenters. The molecule has 0 spiro atoms. The van der Waals surface area contributed by atoms with Gasteiger partial charge in [0.05, 0.1) is 29.2 Å². The quantitative estimate of drug-likeness (QED) is 0.599. The van der Waals surface area contributed by atoms with Gasteiger partial charge in [-0.2, -0.15) is 5.26 Å². The van der Waals surface area contributed by atoms with E-state index in [4.69, 9.17) is 5.26 Å². The number of anilines is 2. The number of benzene rings is 2. The van der Waals surface area contributed by atoms with Crippen LogP contribution in [0.2, 0.25) is 0 Å². The number of fused-ring (bicyclic) bond motifs is 1. The zero-order chi connectivity index (χ0) is 23.7. The Hall–Kier alpha value is -3.85. The van der Waals surface area contributed by atoms with E-state index in [1.54, 1.807) is 0 Å². The van der Waals surface area contributed by atoms with Gasteiger partial charge in [-0.3, -0.25) is 4.79 Å². The highest BCUT2D eigenvalue weighted by atomic mass is 16.1. The summed E-state index contributed by atoms with van der Waals surface area (Å²) in [6.07, 6.45) is 10.0. The Morgan fingerprint density at radius 3 is 2.85 bits per heavy atom. The van der Waals surface area contributed by atoms with Gasteiger partial charge in [-0.1, -0.05) is 31.2 Å². The second-order valence-corrected chi connectivity index (χ2v) is 9.69. The van der Waals surface area contributed by atoms with Gasteiger partial charge in [0.25, 0.3) is 0 Å². The number of hydrogen-bond acceptors (Lipinski definition) is 5. The van der Waals surface area contributed by atoms with Crippen LogP contribution in [-0.4, -0.2) is 18.3 Å². The molecule has 3 aliphatic rings. The zero-order valence-corrected chi connectivity index (χ0v) is 19.6. The molecule has 3 aliphatic heterocycles. The van der Waals surface area contributed by atoms with Crippen molar-refractivity contribution in [3.8, 4) is 6.07 Å². The van der Waals surface area contributed by atoms with E-state index in [1.165, 1.54) is 16.7 Å². The fourth-order valence-corrected chi connectivity index (χ4v) is 5.18. The second kappa shape index (κ2) is 8.83. The third kappa shape index (κ3) is 4.34. The van der Waals surface area contributed by atoms with Gasteiger partial charge in [0, 0.05) is 30.0 Å². The summed E-state index contributed by atoms with van der Waals surface area (Å²) in [6, 6.07) is 14.5. The normalized spacial score (nSPS) is 22.7. The lowest BCUT2D eigenvalue weighted by molar-refractivity contribution is -0.122. The third-order valence-corrected chi connectivity index (χ3v) is 6.95. The number of amides is 1. The molecule has 0 saturated carbocycles. The number of hydrogen-bond donors (Lipinski definition) is 3. The summed E-state index contributed by atoms with van der Waals surface area (Å²) >= 11 is 0. The fourth-order valence-electron chi connectivity index (χ4n) is 5.18. The van der Waals surface area contributed by atoms with Crippen LogP contribution in [0.5, 0.6) is 0 Å². The molecular weight excluding hydrogens is 422 g/mol. The molecule has 1 amide bonds. The summed E-state index contributed by atoms with van der Waals surface area (Å²) in [5, 5.41) is 19.3. The standard InChI is InChI=1S/C28H29N5O/c1-18-12-23-24(32-25(31-23)10-9-19-6-5-7-20(13-19)17-29)14-21(18)15-28(2)16-26(34)33-27-22(28)8-3-4-11-30-27/h3,5-8,11-14,25,31-32H,4,9-10,15-16H2,1-2H3,(H,33,34). The molecule has 2 unspecified atom stereocenters. The lowest BCUT2D eigenvalue weighted by atomic mass is 9.71. The lowest BCUT2D eigenvalue weighted by Gasteiger charge is -2.35. The average molecular weight is 452 g/mol. The van der Waals surface area contributed by atoms with Crippen molar-refractivity contribution < 1.29 is 4.79 Å². The van der Waals surface area contributed by atoms with Crippen LogP contribution in [-0.2, 0) is 17.6 Å². The lowest BCUT2D eigenvalue weighted by Crippen LogP contribution is -2.39. The molecule has 0 radical (unpaired) electrons. The molecule has 0 bridgehead atoms. The maximum atomic E-state index is 12.5. The van der Waals surface area contributed by atoms with Crippen LogP contribution in [0, 0.1) is 23.7 Å². The highest BCUT2D eigenvalue weighted by Crippen LogP contribution is 2.43. The molecule has 2 aromatic rings. The first-order valence-electron chi connectivity index (χ1n) is 11.8. The number of aryl methyl sites for hydroxylation is 2. The van der Waals surface area contributed by atoms with Crippen molar-refractivity contribution in [2.45, 2.75) is 52.1 Å². The van der Waals surface area contributed by atoms with Gasteiger partial charge in [0.2, 0.25) is 5.91 Å². The summed E-state index contributed by atoms with van der Waals surface area (Å²) in [6.45, 7) is 4.31. The maximum absolute atomic E-state index is 12.5. The molecule has 0 aliphatic carbocycles. The minimum absolute atomic E-state index is 0.0211. The van der Waals surface area contributed by atoms with E-state index in [1.807, 2.05) is 24.4 Å². The number of carbonyl (C=O) groups excluding carboxylic acids is 1. The number of nitrogens with one attached hydrogen (secondary N) is 3. The molecule has 0 saturated heterocycles. The van der Waals surface area contributed by atoms with Gasteiger partial charge >= 0.3 is 0 Å². The van der Waals surface area contributed by atoms with E-state index < -0.39 is 0 Å². The van der Waals surface area contributed by atoms with Crippen molar-refractivity contribution in [2.75, 3.05) is 10.6 Å². The summed E-state index contributed by atoms with van der Waals surface area (Å²) in [7, 11) is 0. The first-order chi connectivity index (χ1) is 16.4. The van der Waals surface area contributed by atoms with Gasteiger partial charge in [0.1, 0.15) is 5.82 Å². The van der Waals surface area contributed by atoms with Crippen LogP contribution in [0.15, 0.2) is 64.9 Å². The highest BCUT2D eigenvalue weighted by molar-refractivity contribution is 5.83. The first-order valence-corrected chi connectivity index (χ1v) is 11.8. The van der Waals surface area contributed by atoms with Crippen LogP contribution < -0.4 is 16.0 Å². The first kappa shape index (κ1) is 22.0. The predicted molar refractivity (Wildman–Crippen MR) is 136 cm³/mol. The predicted octanol–water partition coefficient (Wildman–Crippen LogP) is 4.97. The van der Waals surface area contributed by atoms with E-state index in [-0.39, 0.29) is 17.5 Å². The molecule has 5 rings (SSSR count). The van der Waals surface area contributed by atoms with Crippen LogP contribution >= 0.6 is 0 Å². The van der Waals surface area contributed by atoms with Crippen LogP contribution in [0.1, 0.15) is 48.4 Å². The average Bonchev–Trinajstić information content (AvgIpc) is 3.03. The van der Waals surface area contributed by atoms with Gasteiger partial charge in [0.15, 0.2) is 0 Å². The van der Waals surface area contributed by atoms with Gasteiger partial charge < -0.3 is 16.0 Å². The van der Waals surface area contributed by atoms with Crippen molar-refractivity contribution >= 4 is 23.5 Å². The third-order valence-electron chi connectivity index (χ3n) is 6.95.